The molecule has 4 heterocycles. The first-order valence-electron chi connectivity index (χ1n) is 29.2. The predicted molar refractivity (Wildman–Crippen MR) is 357 cm³/mol. The number of aromatic nitrogens is 2. The number of fused-ring (bicyclic) bond motifs is 10. The zero-order valence-corrected chi connectivity index (χ0v) is 46.5. The lowest BCUT2D eigenvalue weighted by atomic mass is 9.33. The van der Waals surface area contributed by atoms with Gasteiger partial charge in [0.05, 0.1) is 45.5 Å². The number of hydrogen-bond donors (Lipinski definition) is 0. The fraction of sp³-hybridized carbons (Fsp3) is 0. The number of nitrogens with zero attached hydrogens (tertiary/aromatic N) is 5. The Balaban J connectivity index is 0.990. The SMILES string of the molecule is N#Cc1ccc2c(c1)B1c3c(cc(-n4c5cc(-c6cc(-c7ccccc7)cc(-c7ccccc7)c6)ccc5c5ccc(-c6cc(-c7ccccc7)cc(-c7ccccc7)c6)cc54)cc3-n3c4ccccc4c4cc(C#N)cc1c43)N2c1ccccc1. The molecule has 5 nitrogen and oxygen atoms in total. The molecule has 0 aliphatic carbocycles. The lowest BCUT2D eigenvalue weighted by Crippen LogP contribution is -2.60. The van der Waals surface area contributed by atoms with Gasteiger partial charge in [0.2, 0.25) is 0 Å². The third-order valence-electron chi connectivity index (χ3n) is 17.8. The van der Waals surface area contributed by atoms with Gasteiger partial charge in [0.15, 0.2) is 0 Å². The minimum atomic E-state index is -0.298. The summed E-state index contributed by atoms with van der Waals surface area (Å²) in [7, 11) is 0. The number of hydrogen-bond acceptors (Lipinski definition) is 3. The van der Waals surface area contributed by atoms with Gasteiger partial charge in [-0.05, 0) is 192 Å². The molecule has 6 heteroatoms. The van der Waals surface area contributed by atoms with Crippen molar-refractivity contribution in [2.75, 3.05) is 4.90 Å². The van der Waals surface area contributed by atoms with E-state index in [0.29, 0.717) is 11.1 Å². The van der Waals surface area contributed by atoms with E-state index in [2.05, 4.69) is 311 Å². The standard InChI is InChI=1S/C80H48BN5/c82-49-51-30-35-74-71(37-51)81-72-38-52(50-83)36-70-67-28-16-17-29-73(67)86(80(70)72)78-48-66(47-77(79(78)81)84(74)65-26-14-5-15-27-65)85-75-45-57(63-41-59(53-18-6-1-7-19-53)39-60(42-63)54-20-8-2-9-21-54)31-33-68(75)69-34-32-58(46-76(69)85)64-43-61(55-22-10-3-11-23-55)40-62(44-64)56-24-12-4-13-25-56/h1-48H. The van der Waals surface area contributed by atoms with Crippen molar-refractivity contribution in [3.05, 3.63) is 302 Å². The summed E-state index contributed by atoms with van der Waals surface area (Å²) in [6.45, 7) is -0.298. The monoisotopic (exact) mass is 1090 g/mol. The summed E-state index contributed by atoms with van der Waals surface area (Å²) in [5, 5.41) is 25.7. The normalized spacial score (nSPS) is 12.1. The minimum absolute atomic E-state index is 0.298. The van der Waals surface area contributed by atoms with Crippen molar-refractivity contribution in [3.8, 4) is 90.3 Å². The first-order valence-corrected chi connectivity index (χ1v) is 29.2. The van der Waals surface area contributed by atoms with E-state index in [0.717, 1.165) is 155 Å². The largest absolute Gasteiger partial charge is 0.311 e. The number of para-hydroxylation sites is 2. The van der Waals surface area contributed by atoms with Crippen molar-refractivity contribution in [2.45, 2.75) is 0 Å². The summed E-state index contributed by atoms with van der Waals surface area (Å²) in [5.74, 6) is 0. The van der Waals surface area contributed by atoms with Gasteiger partial charge in [-0.2, -0.15) is 10.5 Å². The highest BCUT2D eigenvalue weighted by molar-refractivity contribution is 7.00. The van der Waals surface area contributed by atoms with Gasteiger partial charge < -0.3 is 14.0 Å². The highest BCUT2D eigenvalue weighted by Crippen LogP contribution is 2.46. The van der Waals surface area contributed by atoms with Crippen LogP contribution in [0.1, 0.15) is 11.1 Å². The van der Waals surface area contributed by atoms with Crippen molar-refractivity contribution in [3.63, 3.8) is 0 Å². The van der Waals surface area contributed by atoms with Crippen molar-refractivity contribution in [1.82, 2.24) is 9.13 Å². The Morgan fingerprint density at radius 1 is 0.267 bits per heavy atom. The average molecular weight is 1090 g/mol. The lowest BCUT2D eigenvalue weighted by Gasteiger charge is -2.40. The van der Waals surface area contributed by atoms with Crippen LogP contribution in [0.2, 0.25) is 0 Å². The Hall–Kier alpha value is -11.7. The van der Waals surface area contributed by atoms with Crippen molar-refractivity contribution in [1.29, 1.82) is 10.5 Å². The van der Waals surface area contributed by atoms with Crippen LogP contribution in [0.25, 0.3) is 122 Å². The fourth-order valence-corrected chi connectivity index (χ4v) is 14.0. The maximum atomic E-state index is 10.8. The van der Waals surface area contributed by atoms with Crippen molar-refractivity contribution >= 4 is 83.8 Å². The second kappa shape index (κ2) is 19.5. The fourth-order valence-electron chi connectivity index (χ4n) is 14.0. The van der Waals surface area contributed by atoms with E-state index < -0.39 is 0 Å². The van der Waals surface area contributed by atoms with E-state index >= 15 is 0 Å². The van der Waals surface area contributed by atoms with Crippen LogP contribution in [0.3, 0.4) is 0 Å². The van der Waals surface area contributed by atoms with Crippen LogP contribution in [0, 0.1) is 22.7 Å². The van der Waals surface area contributed by atoms with Crippen LogP contribution >= 0.6 is 0 Å². The molecule has 0 bridgehead atoms. The topological polar surface area (TPSA) is 60.7 Å². The van der Waals surface area contributed by atoms with Crippen LogP contribution < -0.4 is 21.3 Å². The molecule has 0 saturated heterocycles. The van der Waals surface area contributed by atoms with Crippen molar-refractivity contribution < 1.29 is 0 Å². The number of benzene rings is 13. The smallest absolute Gasteiger partial charge is 0.252 e. The van der Waals surface area contributed by atoms with E-state index in [-0.39, 0.29) is 6.71 Å². The third-order valence-corrected chi connectivity index (χ3v) is 17.8. The molecule has 0 amide bonds. The van der Waals surface area contributed by atoms with Crippen LogP contribution in [0.4, 0.5) is 17.1 Å². The van der Waals surface area contributed by atoms with Crippen LogP contribution in [-0.4, -0.2) is 15.8 Å². The first-order chi connectivity index (χ1) is 42.5. The molecule has 396 valence electrons. The van der Waals surface area contributed by atoms with Gasteiger partial charge >= 0.3 is 0 Å². The molecule has 0 unspecified atom stereocenters. The molecule has 0 fully saturated rings. The summed E-state index contributed by atoms with van der Waals surface area (Å²) in [5.41, 5.74) is 27.4. The molecule has 0 N–H and O–H groups in total. The summed E-state index contributed by atoms with van der Waals surface area (Å²) >= 11 is 0. The molecule has 17 rings (SSSR count). The Morgan fingerprint density at radius 2 is 0.709 bits per heavy atom. The molecule has 86 heavy (non-hydrogen) atoms. The molecule has 2 aliphatic heterocycles. The molecule has 15 aromatic rings. The van der Waals surface area contributed by atoms with E-state index in [4.69, 9.17) is 0 Å². The number of rotatable bonds is 8. The van der Waals surface area contributed by atoms with Gasteiger partial charge in [0, 0.05) is 49.8 Å². The Bertz CT molecular complexity index is 5060. The lowest BCUT2D eigenvalue weighted by molar-refractivity contribution is 1.13. The van der Waals surface area contributed by atoms with E-state index in [1.165, 1.54) is 0 Å². The minimum Gasteiger partial charge on any atom is -0.311 e. The second-order valence-electron chi connectivity index (χ2n) is 22.7. The summed E-state index contributed by atoms with van der Waals surface area (Å²) in [6.07, 6.45) is 0. The molecular formula is C80H48BN5. The molecule has 0 atom stereocenters. The Labute approximate surface area is 498 Å². The number of nitriles is 2. The quantitative estimate of drug-likeness (QED) is 0.142. The van der Waals surface area contributed by atoms with Gasteiger partial charge in [-0.1, -0.05) is 182 Å². The second-order valence-corrected chi connectivity index (χ2v) is 22.7. The Kier molecular flexibility index (Phi) is 11.1. The summed E-state index contributed by atoms with van der Waals surface area (Å²) in [4.78, 5) is 2.39. The van der Waals surface area contributed by atoms with Gasteiger partial charge in [0.1, 0.15) is 0 Å². The average Bonchev–Trinajstić information content (AvgIpc) is 1.35. The van der Waals surface area contributed by atoms with E-state index in [1.807, 2.05) is 6.07 Å². The number of anilines is 3. The van der Waals surface area contributed by atoms with Crippen LogP contribution in [0.15, 0.2) is 291 Å². The van der Waals surface area contributed by atoms with E-state index in [1.54, 1.807) is 0 Å². The molecule has 13 aromatic carbocycles. The third kappa shape index (κ3) is 7.71. The Morgan fingerprint density at radius 3 is 1.22 bits per heavy atom. The zero-order chi connectivity index (χ0) is 57.0. The van der Waals surface area contributed by atoms with Gasteiger partial charge in [-0.3, -0.25) is 0 Å². The summed E-state index contributed by atoms with van der Waals surface area (Å²) in [6, 6.07) is 110. The van der Waals surface area contributed by atoms with Crippen LogP contribution in [0.5, 0.6) is 0 Å². The molecule has 2 aromatic heterocycles. The molecule has 0 saturated carbocycles. The van der Waals surface area contributed by atoms with E-state index in [9.17, 15) is 10.5 Å². The first kappa shape index (κ1) is 49.0. The molecular weight excluding hydrogens is 1040 g/mol. The summed E-state index contributed by atoms with van der Waals surface area (Å²) < 4.78 is 4.96. The molecule has 2 aliphatic rings. The maximum Gasteiger partial charge on any atom is 0.252 e. The highest BCUT2D eigenvalue weighted by atomic mass is 15.2. The predicted octanol–water partition coefficient (Wildman–Crippen LogP) is 18.2. The van der Waals surface area contributed by atoms with Gasteiger partial charge in [-0.25, -0.2) is 0 Å². The zero-order valence-electron chi connectivity index (χ0n) is 46.5. The van der Waals surface area contributed by atoms with Gasteiger partial charge in [-0.15, -0.1) is 0 Å². The van der Waals surface area contributed by atoms with Gasteiger partial charge in [0.25, 0.3) is 6.71 Å². The van der Waals surface area contributed by atoms with Crippen molar-refractivity contribution in [2.24, 2.45) is 0 Å². The maximum absolute atomic E-state index is 10.8. The highest BCUT2D eigenvalue weighted by Gasteiger charge is 2.43. The molecule has 0 spiro atoms. The van der Waals surface area contributed by atoms with Crippen LogP contribution in [-0.2, 0) is 0 Å². The molecule has 0 radical (unpaired) electrons.